The molecule has 6 nitrogen and oxygen atoms in total. The van der Waals surface area contributed by atoms with E-state index in [9.17, 15) is 9.59 Å². The molecule has 0 aliphatic heterocycles. The van der Waals surface area contributed by atoms with Crippen LogP contribution in [-0.4, -0.2) is 61.3 Å². The highest BCUT2D eigenvalue weighted by Crippen LogP contribution is 2.00. The zero-order valence-corrected chi connectivity index (χ0v) is 10.6. The number of carbonyl (C=O) groups excluding carboxylic acids is 2. The van der Waals surface area contributed by atoms with Crippen molar-refractivity contribution in [2.24, 2.45) is 0 Å². The fourth-order valence-electron chi connectivity index (χ4n) is 0.899. The number of ether oxygens (including phenoxy) is 2. The van der Waals surface area contributed by atoms with Gasteiger partial charge in [0.1, 0.15) is 0 Å². The highest BCUT2D eigenvalue weighted by Gasteiger charge is 2.17. The van der Waals surface area contributed by atoms with Gasteiger partial charge in [-0.05, 0) is 0 Å². The normalized spacial score (nSPS) is 9.50. The van der Waals surface area contributed by atoms with E-state index < -0.39 is 12.2 Å². The molecule has 94 valence electrons. The highest BCUT2D eigenvalue weighted by molar-refractivity contribution is 6.18. The number of hydrogen-bond acceptors (Lipinski definition) is 4. The molecule has 0 heterocycles. The van der Waals surface area contributed by atoms with Crippen LogP contribution in [0.25, 0.3) is 0 Å². The largest absolute Gasteiger partial charge is 0.453 e. The van der Waals surface area contributed by atoms with Crippen LogP contribution in [0.1, 0.15) is 0 Å². The van der Waals surface area contributed by atoms with Gasteiger partial charge in [-0.2, -0.15) is 0 Å². The van der Waals surface area contributed by atoms with Crippen molar-refractivity contribution in [3.8, 4) is 0 Å². The summed E-state index contributed by atoms with van der Waals surface area (Å²) in [6.45, 7) is 0.440. The second kappa shape index (κ2) is 8.29. The Morgan fingerprint density at radius 1 is 0.938 bits per heavy atom. The molecule has 0 bridgehead atoms. The van der Waals surface area contributed by atoms with Crippen LogP contribution in [0.3, 0.4) is 0 Å². The molecule has 0 fully saturated rings. The maximum Gasteiger partial charge on any atom is 0.410 e. The van der Waals surface area contributed by atoms with E-state index in [1.165, 1.54) is 24.0 Å². The van der Waals surface area contributed by atoms with Crippen LogP contribution in [0.4, 0.5) is 9.59 Å². The summed E-state index contributed by atoms with van der Waals surface area (Å²) in [7, 11) is 2.50. The van der Waals surface area contributed by atoms with Crippen molar-refractivity contribution in [3.05, 3.63) is 0 Å². The number of hydrogen-bond donors (Lipinski definition) is 0. The van der Waals surface area contributed by atoms with Crippen molar-refractivity contribution in [2.75, 3.05) is 39.3 Å². The van der Waals surface area contributed by atoms with Crippen LogP contribution >= 0.6 is 23.2 Å². The first-order valence-electron chi connectivity index (χ1n) is 4.38. The average molecular weight is 273 g/mol. The van der Waals surface area contributed by atoms with Gasteiger partial charge in [-0.1, -0.05) is 0 Å². The molecule has 8 heteroatoms. The molecule has 0 atom stereocenters. The van der Waals surface area contributed by atoms with Gasteiger partial charge in [-0.25, -0.2) is 9.59 Å². The molecule has 0 N–H and O–H groups in total. The van der Waals surface area contributed by atoms with Gasteiger partial charge in [0.25, 0.3) is 0 Å². The first-order valence-corrected chi connectivity index (χ1v) is 5.45. The van der Waals surface area contributed by atoms with Gasteiger partial charge in [0.05, 0.1) is 26.2 Å². The molecule has 0 aliphatic rings. The summed E-state index contributed by atoms with van der Waals surface area (Å²) in [4.78, 5) is 24.7. The molecule has 0 spiro atoms. The highest BCUT2D eigenvalue weighted by atomic mass is 35.5. The van der Waals surface area contributed by atoms with E-state index in [4.69, 9.17) is 23.2 Å². The van der Waals surface area contributed by atoms with E-state index in [0.29, 0.717) is 0 Å². The Bertz CT molecular complexity index is 216. The Hall–Kier alpha value is -0.880. The summed E-state index contributed by atoms with van der Waals surface area (Å²) in [5, 5.41) is 0. The van der Waals surface area contributed by atoms with Gasteiger partial charge in [-0.15, -0.1) is 23.2 Å². The molecule has 0 saturated carbocycles. The fourth-order valence-corrected chi connectivity index (χ4v) is 1.33. The first kappa shape index (κ1) is 15.1. The van der Waals surface area contributed by atoms with E-state index in [2.05, 4.69) is 9.47 Å². The Labute approximate surface area is 104 Å². The lowest BCUT2D eigenvalue weighted by molar-refractivity contribution is 0.113. The van der Waals surface area contributed by atoms with E-state index in [0.717, 1.165) is 0 Å². The van der Waals surface area contributed by atoms with Crippen LogP contribution in [-0.2, 0) is 9.47 Å². The Balaban J connectivity index is 4.17. The SMILES string of the molecule is COC(=O)N(CCl)CCN(CCl)C(=O)OC. The van der Waals surface area contributed by atoms with Crippen LogP contribution in [0.2, 0.25) is 0 Å². The number of amides is 2. The average Bonchev–Trinajstić information content (AvgIpc) is 2.33. The monoisotopic (exact) mass is 272 g/mol. The van der Waals surface area contributed by atoms with Gasteiger partial charge in [0.2, 0.25) is 0 Å². The topological polar surface area (TPSA) is 59.1 Å². The molecule has 2 amide bonds. The quantitative estimate of drug-likeness (QED) is 0.563. The molecule has 16 heavy (non-hydrogen) atoms. The summed E-state index contributed by atoms with van der Waals surface area (Å²) in [6.07, 6.45) is -1.12. The molecule has 0 saturated heterocycles. The smallest absolute Gasteiger partial charge is 0.410 e. The summed E-state index contributed by atoms with van der Waals surface area (Å²) in [5.74, 6) is 0. The van der Waals surface area contributed by atoms with Gasteiger partial charge < -0.3 is 9.47 Å². The molecule has 0 aliphatic carbocycles. The lowest BCUT2D eigenvalue weighted by Crippen LogP contribution is -2.40. The third-order valence-corrected chi connectivity index (χ3v) is 2.37. The minimum absolute atomic E-state index is 0.0238. The predicted molar refractivity (Wildman–Crippen MR) is 59.7 cm³/mol. The molecule has 0 radical (unpaired) electrons. The molecule has 0 aromatic heterocycles. The Morgan fingerprint density at radius 3 is 1.44 bits per heavy atom. The molecule has 0 aromatic rings. The predicted octanol–water partition coefficient (Wildman–Crippen LogP) is 1.52. The lowest BCUT2D eigenvalue weighted by Gasteiger charge is -2.23. The minimum atomic E-state index is -0.561. The summed E-state index contributed by atoms with van der Waals surface area (Å²) in [5.41, 5.74) is 0. The van der Waals surface area contributed by atoms with Gasteiger partial charge in [0, 0.05) is 13.1 Å². The van der Waals surface area contributed by atoms with Crippen molar-refractivity contribution >= 4 is 35.4 Å². The maximum absolute atomic E-state index is 11.1. The zero-order valence-electron chi connectivity index (χ0n) is 9.11. The molecule has 0 rings (SSSR count). The number of carbonyl (C=O) groups is 2. The Kier molecular flexibility index (Phi) is 7.84. The van der Waals surface area contributed by atoms with Gasteiger partial charge in [-0.3, -0.25) is 9.80 Å². The maximum atomic E-state index is 11.1. The molecular formula is C8H14Cl2N2O4. The number of nitrogens with zero attached hydrogens (tertiary/aromatic N) is 2. The summed E-state index contributed by atoms with van der Waals surface area (Å²) < 4.78 is 8.98. The number of alkyl halides is 2. The molecule has 0 unspecified atom stereocenters. The lowest BCUT2D eigenvalue weighted by atomic mass is 10.5. The van der Waals surface area contributed by atoms with Crippen LogP contribution in [0, 0.1) is 0 Å². The Morgan fingerprint density at radius 2 is 1.25 bits per heavy atom. The fraction of sp³-hybridized carbons (Fsp3) is 0.750. The standard InChI is InChI=1S/C8H14Cl2N2O4/c1-15-7(13)11(5-9)3-4-12(6-10)8(14)16-2/h3-6H2,1-2H3. The summed E-state index contributed by atoms with van der Waals surface area (Å²) in [6, 6.07) is -0.0477. The third-order valence-electron chi connectivity index (χ3n) is 1.79. The first-order chi connectivity index (χ1) is 7.60. The summed E-state index contributed by atoms with van der Waals surface area (Å²) >= 11 is 11.1. The van der Waals surface area contributed by atoms with E-state index >= 15 is 0 Å². The van der Waals surface area contributed by atoms with Gasteiger partial charge >= 0.3 is 12.2 Å². The van der Waals surface area contributed by atoms with Crippen molar-refractivity contribution < 1.29 is 19.1 Å². The van der Waals surface area contributed by atoms with E-state index in [1.54, 1.807) is 0 Å². The number of rotatable bonds is 5. The second-order valence-corrected chi connectivity index (χ2v) is 3.18. The van der Waals surface area contributed by atoms with Crippen LogP contribution < -0.4 is 0 Å². The third kappa shape index (κ3) is 4.76. The van der Waals surface area contributed by atoms with Gasteiger partial charge in [0.15, 0.2) is 0 Å². The van der Waals surface area contributed by atoms with Crippen molar-refractivity contribution in [3.63, 3.8) is 0 Å². The number of halogens is 2. The van der Waals surface area contributed by atoms with Crippen molar-refractivity contribution in [1.29, 1.82) is 0 Å². The van der Waals surface area contributed by atoms with Crippen molar-refractivity contribution in [2.45, 2.75) is 0 Å². The van der Waals surface area contributed by atoms with E-state index in [-0.39, 0.29) is 25.1 Å². The molecule has 0 aromatic carbocycles. The van der Waals surface area contributed by atoms with Crippen LogP contribution in [0.5, 0.6) is 0 Å². The molecular weight excluding hydrogens is 259 g/mol. The van der Waals surface area contributed by atoms with Crippen LogP contribution in [0.15, 0.2) is 0 Å². The second-order valence-electron chi connectivity index (χ2n) is 2.71. The zero-order chi connectivity index (χ0) is 12.6. The van der Waals surface area contributed by atoms with Crippen molar-refractivity contribution in [1.82, 2.24) is 9.80 Å². The number of methoxy groups -OCH3 is 2. The minimum Gasteiger partial charge on any atom is -0.453 e. The van der Waals surface area contributed by atoms with E-state index in [1.807, 2.05) is 0 Å².